The third kappa shape index (κ3) is 2.36. The summed E-state index contributed by atoms with van der Waals surface area (Å²) < 4.78 is 13.6. The zero-order valence-electron chi connectivity index (χ0n) is 8.17. The molecule has 0 unspecified atom stereocenters. The van der Waals surface area contributed by atoms with E-state index in [1.807, 2.05) is 0 Å². The molecule has 0 aromatic heterocycles. The molecule has 1 aliphatic heterocycles. The fourth-order valence-electron chi connectivity index (χ4n) is 1.70. The highest BCUT2D eigenvalue weighted by Gasteiger charge is 2.25. The predicted molar refractivity (Wildman–Crippen MR) is 63.3 cm³/mol. The second kappa shape index (κ2) is 5.12. The van der Waals surface area contributed by atoms with Crippen molar-refractivity contribution in [2.75, 3.05) is 0 Å². The van der Waals surface area contributed by atoms with Crippen LogP contribution in [0.2, 0.25) is 0 Å². The summed E-state index contributed by atoms with van der Waals surface area (Å²) in [5, 5.41) is 11.7. The number of benzene rings is 1. The average Bonchev–Trinajstić information content (AvgIpc) is 2.23. The van der Waals surface area contributed by atoms with Gasteiger partial charge in [0.1, 0.15) is 11.9 Å². The molecule has 0 spiro atoms. The summed E-state index contributed by atoms with van der Waals surface area (Å²) in [5.41, 5.74) is 1.70. The first-order valence-electron chi connectivity index (χ1n) is 4.51. The Hall–Kier alpha value is -0.650. The molecule has 0 fully saturated rings. The Balaban J connectivity index is 0.00000128. The van der Waals surface area contributed by atoms with Gasteiger partial charge in [0, 0.05) is 6.54 Å². The topological polar surface area (TPSA) is 49.3 Å². The molecular weight excluding hydrogens is 300 g/mol. The van der Waals surface area contributed by atoms with Crippen molar-refractivity contribution in [3.8, 4) is 0 Å². The predicted octanol–water partition coefficient (Wildman–Crippen LogP) is 2.11. The van der Waals surface area contributed by atoms with Gasteiger partial charge in [-0.05, 0) is 39.5 Å². The number of carboxylic acids is 1. The molecule has 0 saturated carbocycles. The fraction of sp³-hybridized carbons (Fsp3) is 0.300. The number of hydrogen-bond donors (Lipinski definition) is 2. The van der Waals surface area contributed by atoms with Crippen LogP contribution in [0.4, 0.5) is 4.39 Å². The van der Waals surface area contributed by atoms with Crippen LogP contribution in [-0.4, -0.2) is 17.1 Å². The van der Waals surface area contributed by atoms with E-state index in [-0.39, 0.29) is 18.2 Å². The van der Waals surface area contributed by atoms with Gasteiger partial charge in [0.05, 0.1) is 4.47 Å². The van der Waals surface area contributed by atoms with Crippen molar-refractivity contribution in [3.63, 3.8) is 0 Å². The number of halogens is 3. The SMILES string of the molecule is Cl.O=C(O)[C@H]1Cc2c(ccc(F)c2Br)CN1. The lowest BCUT2D eigenvalue weighted by atomic mass is 9.96. The number of carboxylic acid groups (broad SMARTS) is 1. The molecule has 0 saturated heterocycles. The molecule has 1 aliphatic rings. The van der Waals surface area contributed by atoms with Crippen LogP contribution >= 0.6 is 28.3 Å². The third-order valence-electron chi connectivity index (χ3n) is 2.54. The van der Waals surface area contributed by atoms with Crippen LogP contribution < -0.4 is 5.32 Å². The van der Waals surface area contributed by atoms with E-state index >= 15 is 0 Å². The highest BCUT2D eigenvalue weighted by Crippen LogP contribution is 2.27. The van der Waals surface area contributed by atoms with Gasteiger partial charge in [0.15, 0.2) is 0 Å². The Morgan fingerprint density at radius 1 is 1.56 bits per heavy atom. The van der Waals surface area contributed by atoms with E-state index in [4.69, 9.17) is 5.11 Å². The van der Waals surface area contributed by atoms with E-state index in [0.29, 0.717) is 17.4 Å². The minimum atomic E-state index is -0.906. The van der Waals surface area contributed by atoms with Crippen LogP contribution in [0.1, 0.15) is 11.1 Å². The first-order valence-corrected chi connectivity index (χ1v) is 5.31. The van der Waals surface area contributed by atoms with Gasteiger partial charge >= 0.3 is 5.97 Å². The Kier molecular flexibility index (Phi) is 4.29. The van der Waals surface area contributed by atoms with Crippen molar-refractivity contribution < 1.29 is 14.3 Å². The lowest BCUT2D eigenvalue weighted by molar-refractivity contribution is -0.139. The maximum absolute atomic E-state index is 13.2. The Bertz CT molecular complexity index is 428. The molecule has 16 heavy (non-hydrogen) atoms. The van der Waals surface area contributed by atoms with E-state index in [9.17, 15) is 9.18 Å². The Morgan fingerprint density at radius 2 is 2.25 bits per heavy atom. The number of carbonyl (C=O) groups is 1. The molecule has 0 bridgehead atoms. The molecule has 2 rings (SSSR count). The highest BCUT2D eigenvalue weighted by molar-refractivity contribution is 9.10. The Labute approximate surface area is 107 Å². The van der Waals surface area contributed by atoms with Crippen molar-refractivity contribution >= 4 is 34.3 Å². The van der Waals surface area contributed by atoms with Gasteiger partial charge in [-0.1, -0.05) is 6.07 Å². The number of rotatable bonds is 1. The van der Waals surface area contributed by atoms with Crippen LogP contribution in [0, 0.1) is 5.82 Å². The summed E-state index contributed by atoms with van der Waals surface area (Å²) in [5.74, 6) is -1.25. The fourth-order valence-corrected chi connectivity index (χ4v) is 2.25. The van der Waals surface area contributed by atoms with Crippen molar-refractivity contribution in [1.29, 1.82) is 0 Å². The molecule has 1 atom stereocenters. The largest absolute Gasteiger partial charge is 0.480 e. The molecular formula is C10H10BrClFNO2. The van der Waals surface area contributed by atoms with Crippen LogP contribution in [0.3, 0.4) is 0 Å². The van der Waals surface area contributed by atoms with Crippen molar-refractivity contribution in [2.45, 2.75) is 19.0 Å². The molecule has 1 heterocycles. The van der Waals surface area contributed by atoms with Gasteiger partial charge in [0.25, 0.3) is 0 Å². The van der Waals surface area contributed by atoms with E-state index in [1.54, 1.807) is 6.07 Å². The summed E-state index contributed by atoms with van der Waals surface area (Å²) >= 11 is 3.15. The van der Waals surface area contributed by atoms with Crippen LogP contribution in [0.15, 0.2) is 16.6 Å². The van der Waals surface area contributed by atoms with Crippen LogP contribution in [0.5, 0.6) is 0 Å². The summed E-state index contributed by atoms with van der Waals surface area (Å²) in [6, 6.07) is 2.43. The second-order valence-corrected chi connectivity index (χ2v) is 4.27. The van der Waals surface area contributed by atoms with Crippen molar-refractivity contribution in [2.24, 2.45) is 0 Å². The lowest BCUT2D eigenvalue weighted by Gasteiger charge is -2.24. The van der Waals surface area contributed by atoms with Gasteiger partial charge in [-0.25, -0.2) is 4.39 Å². The highest BCUT2D eigenvalue weighted by atomic mass is 79.9. The maximum atomic E-state index is 13.2. The van der Waals surface area contributed by atoms with Gasteiger partial charge in [-0.3, -0.25) is 4.79 Å². The molecule has 2 N–H and O–H groups in total. The van der Waals surface area contributed by atoms with Crippen molar-refractivity contribution in [1.82, 2.24) is 5.32 Å². The van der Waals surface area contributed by atoms with Gasteiger partial charge in [0.2, 0.25) is 0 Å². The van der Waals surface area contributed by atoms with E-state index in [2.05, 4.69) is 21.2 Å². The molecule has 1 aromatic carbocycles. The minimum absolute atomic E-state index is 0. The molecule has 3 nitrogen and oxygen atoms in total. The molecule has 6 heteroatoms. The summed E-state index contributed by atoms with van der Waals surface area (Å²) in [4.78, 5) is 10.8. The van der Waals surface area contributed by atoms with E-state index < -0.39 is 12.0 Å². The smallest absolute Gasteiger partial charge is 0.321 e. The standard InChI is InChI=1S/C10H9BrFNO2.ClH/c11-9-6-3-8(10(14)15)13-4-5(6)1-2-7(9)12;/h1-2,8,13H,3-4H2,(H,14,15);1H/t8-;/m1./s1. The third-order valence-corrected chi connectivity index (χ3v) is 3.40. The van der Waals surface area contributed by atoms with Crippen LogP contribution in [-0.2, 0) is 17.8 Å². The summed E-state index contributed by atoms with van der Waals surface area (Å²) in [6.45, 7) is 0.463. The Morgan fingerprint density at radius 3 is 2.88 bits per heavy atom. The molecule has 88 valence electrons. The van der Waals surface area contributed by atoms with Crippen molar-refractivity contribution in [3.05, 3.63) is 33.5 Å². The zero-order chi connectivity index (χ0) is 11.0. The first-order chi connectivity index (χ1) is 7.09. The molecule has 0 aliphatic carbocycles. The normalized spacial score (nSPS) is 18.5. The number of nitrogens with one attached hydrogen (secondary N) is 1. The zero-order valence-corrected chi connectivity index (χ0v) is 10.6. The maximum Gasteiger partial charge on any atom is 0.321 e. The summed E-state index contributed by atoms with van der Waals surface area (Å²) in [6.07, 6.45) is 0.309. The monoisotopic (exact) mass is 309 g/mol. The van der Waals surface area contributed by atoms with E-state index in [0.717, 1.165) is 11.1 Å². The van der Waals surface area contributed by atoms with Gasteiger partial charge < -0.3 is 10.4 Å². The average molecular weight is 311 g/mol. The number of hydrogen-bond acceptors (Lipinski definition) is 2. The second-order valence-electron chi connectivity index (χ2n) is 3.47. The molecule has 0 amide bonds. The lowest BCUT2D eigenvalue weighted by Crippen LogP contribution is -2.41. The number of aliphatic carboxylic acids is 1. The summed E-state index contributed by atoms with van der Waals surface area (Å²) in [7, 11) is 0. The number of fused-ring (bicyclic) bond motifs is 1. The molecule has 0 radical (unpaired) electrons. The molecule has 1 aromatic rings. The van der Waals surface area contributed by atoms with E-state index in [1.165, 1.54) is 6.07 Å². The quantitative estimate of drug-likeness (QED) is 0.835. The first kappa shape index (κ1) is 13.4. The van der Waals surface area contributed by atoms with Crippen LogP contribution in [0.25, 0.3) is 0 Å². The van der Waals surface area contributed by atoms with Gasteiger partial charge in [-0.15, -0.1) is 12.4 Å². The minimum Gasteiger partial charge on any atom is -0.480 e. The van der Waals surface area contributed by atoms with Gasteiger partial charge in [-0.2, -0.15) is 0 Å².